The lowest BCUT2D eigenvalue weighted by atomic mass is 9.94. The zero-order chi connectivity index (χ0) is 22.7. The molecule has 0 saturated heterocycles. The number of fused-ring (bicyclic) bond motifs is 1. The first-order chi connectivity index (χ1) is 15.5. The molecule has 1 heterocycles. The third-order valence-electron chi connectivity index (χ3n) is 5.14. The number of hydrogen-bond donors (Lipinski definition) is 1. The second-order valence-corrected chi connectivity index (χ2v) is 7.50. The number of carbonyl (C=O) groups is 1. The molecule has 160 valence electrons. The number of aromatic amines is 1. The molecule has 0 aliphatic heterocycles. The van der Waals surface area contributed by atoms with Gasteiger partial charge in [-0.2, -0.15) is 0 Å². The van der Waals surface area contributed by atoms with Crippen LogP contribution in [-0.4, -0.2) is 25.0 Å². The largest absolute Gasteiger partial charge is 0.497 e. The Balaban J connectivity index is 1.87. The van der Waals surface area contributed by atoms with Crippen LogP contribution < -0.4 is 15.0 Å². The number of rotatable bonds is 6. The predicted molar refractivity (Wildman–Crippen MR) is 128 cm³/mol. The van der Waals surface area contributed by atoms with Crippen LogP contribution in [0, 0.1) is 0 Å². The number of H-pyrrole nitrogens is 1. The molecule has 0 aliphatic carbocycles. The van der Waals surface area contributed by atoms with Crippen molar-refractivity contribution >= 4 is 34.4 Å². The number of allylic oxidation sites excluding steroid dienone is 1. The summed E-state index contributed by atoms with van der Waals surface area (Å²) in [5, 5.41) is 1.21. The van der Waals surface area contributed by atoms with Crippen molar-refractivity contribution in [2.24, 2.45) is 0 Å². The first-order valence-electron chi connectivity index (χ1n) is 9.87. The summed E-state index contributed by atoms with van der Waals surface area (Å²) in [4.78, 5) is 29.1. The summed E-state index contributed by atoms with van der Waals surface area (Å²) in [6.07, 6.45) is 2.99. The van der Waals surface area contributed by atoms with Gasteiger partial charge in [-0.1, -0.05) is 41.9 Å². The van der Waals surface area contributed by atoms with Crippen LogP contribution in [0.1, 0.15) is 15.9 Å². The van der Waals surface area contributed by atoms with Gasteiger partial charge >= 0.3 is 0 Å². The number of aromatic nitrogens is 1. The monoisotopic (exact) mass is 445 g/mol. The van der Waals surface area contributed by atoms with Crippen LogP contribution in [0.3, 0.4) is 0 Å². The predicted octanol–water partition coefficient (Wildman–Crippen LogP) is 5.76. The van der Waals surface area contributed by atoms with Gasteiger partial charge in [-0.25, -0.2) is 0 Å². The van der Waals surface area contributed by atoms with Gasteiger partial charge in [0, 0.05) is 33.1 Å². The molecule has 0 spiro atoms. The van der Waals surface area contributed by atoms with Gasteiger partial charge in [0.25, 0.3) is 5.56 Å². The van der Waals surface area contributed by atoms with Gasteiger partial charge in [0.2, 0.25) is 0 Å². The molecule has 0 aliphatic rings. The van der Waals surface area contributed by atoms with Crippen molar-refractivity contribution < 1.29 is 14.3 Å². The average Bonchev–Trinajstić information content (AvgIpc) is 2.82. The Morgan fingerprint density at radius 3 is 2.47 bits per heavy atom. The highest BCUT2D eigenvalue weighted by Gasteiger charge is 2.19. The van der Waals surface area contributed by atoms with E-state index in [0.29, 0.717) is 38.6 Å². The number of nitrogens with one attached hydrogen (secondary N) is 1. The number of methoxy groups -OCH3 is 2. The molecule has 0 amide bonds. The maximum Gasteiger partial charge on any atom is 0.260 e. The summed E-state index contributed by atoms with van der Waals surface area (Å²) in [6.45, 7) is 0. The van der Waals surface area contributed by atoms with Gasteiger partial charge < -0.3 is 14.5 Å². The number of benzene rings is 3. The molecule has 1 aromatic heterocycles. The lowest BCUT2D eigenvalue weighted by Gasteiger charge is -2.12. The number of carbonyl (C=O) groups excluding carboxylic acids is 1. The lowest BCUT2D eigenvalue weighted by molar-refractivity contribution is 0.104. The number of ketones is 1. The van der Waals surface area contributed by atoms with E-state index in [9.17, 15) is 9.59 Å². The molecule has 32 heavy (non-hydrogen) atoms. The van der Waals surface area contributed by atoms with E-state index in [4.69, 9.17) is 21.1 Å². The molecule has 0 radical (unpaired) electrons. The van der Waals surface area contributed by atoms with Gasteiger partial charge in [-0.15, -0.1) is 0 Å². The number of halogens is 1. The molecule has 3 aromatic carbocycles. The number of pyridine rings is 1. The highest BCUT2D eigenvalue weighted by atomic mass is 35.5. The number of hydrogen-bond acceptors (Lipinski definition) is 4. The molecular formula is C26H20ClNO4. The Labute approximate surface area is 189 Å². The van der Waals surface area contributed by atoms with E-state index >= 15 is 0 Å². The third-order valence-corrected chi connectivity index (χ3v) is 5.38. The summed E-state index contributed by atoms with van der Waals surface area (Å²) in [5.41, 5.74) is 2.18. The molecule has 1 N–H and O–H groups in total. The Morgan fingerprint density at radius 2 is 1.75 bits per heavy atom. The summed E-state index contributed by atoms with van der Waals surface area (Å²) in [5.74, 6) is 0.764. The first kappa shape index (κ1) is 21.4. The minimum Gasteiger partial charge on any atom is -0.497 e. The molecule has 0 atom stereocenters. The quantitative estimate of drug-likeness (QED) is 0.302. The minimum absolute atomic E-state index is 0.0506. The fraction of sp³-hybridized carbons (Fsp3) is 0.0769. The van der Waals surface area contributed by atoms with Crippen LogP contribution in [0.15, 0.2) is 77.6 Å². The molecule has 0 bridgehead atoms. The second kappa shape index (κ2) is 9.12. The molecule has 6 heteroatoms. The van der Waals surface area contributed by atoms with Crippen LogP contribution in [0.2, 0.25) is 5.02 Å². The zero-order valence-electron chi connectivity index (χ0n) is 17.5. The zero-order valence-corrected chi connectivity index (χ0v) is 18.3. The van der Waals surface area contributed by atoms with E-state index in [1.165, 1.54) is 6.08 Å². The molecule has 0 saturated carbocycles. The summed E-state index contributed by atoms with van der Waals surface area (Å²) >= 11 is 6.23. The molecule has 4 aromatic rings. The molecule has 0 unspecified atom stereocenters. The lowest BCUT2D eigenvalue weighted by Crippen LogP contribution is -2.18. The minimum atomic E-state index is -0.463. The normalized spacial score (nSPS) is 11.1. The highest BCUT2D eigenvalue weighted by molar-refractivity contribution is 6.31. The Hall–Kier alpha value is -3.83. The van der Waals surface area contributed by atoms with E-state index in [1.807, 2.05) is 30.3 Å². The van der Waals surface area contributed by atoms with Crippen molar-refractivity contribution in [3.05, 3.63) is 99.3 Å². The van der Waals surface area contributed by atoms with Crippen LogP contribution in [0.25, 0.3) is 28.1 Å². The standard InChI is InChI=1S/C26H20ClNO4/c1-31-19-11-8-16(23(15-19)32-2)9-13-22(29)25-24(17-6-4-3-5-7-17)20-14-18(27)10-12-21(20)28-26(25)30/h3-15H,1-2H3,(H,28,30)/b13-9-. The summed E-state index contributed by atoms with van der Waals surface area (Å²) in [7, 11) is 3.11. The Morgan fingerprint density at radius 1 is 0.969 bits per heavy atom. The average molecular weight is 446 g/mol. The van der Waals surface area contributed by atoms with Crippen molar-refractivity contribution in [3.8, 4) is 22.6 Å². The molecule has 5 nitrogen and oxygen atoms in total. The summed E-state index contributed by atoms with van der Waals surface area (Å²) < 4.78 is 10.6. The van der Waals surface area contributed by atoms with E-state index in [2.05, 4.69) is 4.98 Å². The Kier molecular flexibility index (Phi) is 6.10. The van der Waals surface area contributed by atoms with Crippen LogP contribution >= 0.6 is 11.6 Å². The van der Waals surface area contributed by atoms with Gasteiger partial charge in [0.1, 0.15) is 11.5 Å². The maximum atomic E-state index is 13.3. The molecular weight excluding hydrogens is 426 g/mol. The van der Waals surface area contributed by atoms with Crippen molar-refractivity contribution in [3.63, 3.8) is 0 Å². The molecule has 0 fully saturated rings. The number of ether oxygens (including phenoxy) is 2. The van der Waals surface area contributed by atoms with Gasteiger partial charge in [0.15, 0.2) is 5.78 Å². The van der Waals surface area contributed by atoms with Crippen molar-refractivity contribution in [2.75, 3.05) is 14.2 Å². The van der Waals surface area contributed by atoms with Crippen molar-refractivity contribution in [1.29, 1.82) is 0 Å². The van der Waals surface area contributed by atoms with Gasteiger partial charge in [0.05, 0.1) is 19.8 Å². The van der Waals surface area contributed by atoms with E-state index < -0.39 is 11.3 Å². The van der Waals surface area contributed by atoms with Gasteiger partial charge in [-0.05, 0) is 48.0 Å². The highest BCUT2D eigenvalue weighted by Crippen LogP contribution is 2.32. The first-order valence-corrected chi connectivity index (χ1v) is 10.2. The van der Waals surface area contributed by atoms with E-state index in [0.717, 1.165) is 5.56 Å². The van der Waals surface area contributed by atoms with Crippen molar-refractivity contribution in [1.82, 2.24) is 4.98 Å². The topological polar surface area (TPSA) is 68.4 Å². The second-order valence-electron chi connectivity index (χ2n) is 7.07. The Bertz CT molecular complexity index is 1390. The van der Waals surface area contributed by atoms with Crippen LogP contribution in [0.4, 0.5) is 0 Å². The van der Waals surface area contributed by atoms with Crippen LogP contribution in [0.5, 0.6) is 11.5 Å². The fourth-order valence-corrected chi connectivity index (χ4v) is 3.78. The summed E-state index contributed by atoms with van der Waals surface area (Å²) in [6, 6.07) is 19.8. The van der Waals surface area contributed by atoms with Gasteiger partial charge in [-0.3, -0.25) is 9.59 Å². The van der Waals surface area contributed by atoms with Crippen molar-refractivity contribution in [2.45, 2.75) is 0 Å². The smallest absolute Gasteiger partial charge is 0.260 e. The molecule has 4 rings (SSSR count). The van der Waals surface area contributed by atoms with E-state index in [1.54, 1.807) is 56.7 Å². The fourth-order valence-electron chi connectivity index (χ4n) is 3.61. The van der Waals surface area contributed by atoms with E-state index in [-0.39, 0.29) is 5.56 Å². The third kappa shape index (κ3) is 4.15. The van der Waals surface area contributed by atoms with Crippen LogP contribution in [-0.2, 0) is 0 Å². The maximum absolute atomic E-state index is 13.3. The SMILES string of the molecule is COc1ccc(/C=C\C(=O)c2c(-c3ccccc3)c3cc(Cl)ccc3[nH]c2=O)c(OC)c1.